The van der Waals surface area contributed by atoms with Crippen LogP contribution in [0, 0.1) is 19.8 Å². The molecule has 22 heavy (non-hydrogen) atoms. The van der Waals surface area contributed by atoms with Gasteiger partial charge in [-0.2, -0.15) is 0 Å². The van der Waals surface area contributed by atoms with Gasteiger partial charge in [0.05, 0.1) is 17.6 Å². The first-order chi connectivity index (χ1) is 10.7. The highest BCUT2D eigenvalue weighted by atomic mass is 16.3. The number of imidazole rings is 1. The number of benzene rings is 1. The summed E-state index contributed by atoms with van der Waals surface area (Å²) in [6, 6.07) is 4.45. The Balaban J connectivity index is 1.87. The fourth-order valence-corrected chi connectivity index (χ4v) is 3.76. The van der Waals surface area contributed by atoms with Gasteiger partial charge >= 0.3 is 0 Å². The summed E-state index contributed by atoms with van der Waals surface area (Å²) >= 11 is 0. The van der Waals surface area contributed by atoms with Crippen molar-refractivity contribution in [3.63, 3.8) is 0 Å². The van der Waals surface area contributed by atoms with Gasteiger partial charge in [-0.25, -0.2) is 4.98 Å². The Labute approximate surface area is 133 Å². The van der Waals surface area contributed by atoms with E-state index in [1.165, 1.54) is 55.2 Å². The van der Waals surface area contributed by atoms with Crippen molar-refractivity contribution in [3.8, 4) is 0 Å². The van der Waals surface area contributed by atoms with Crippen LogP contribution in [0.5, 0.6) is 0 Å². The predicted molar refractivity (Wildman–Crippen MR) is 91.2 cm³/mol. The molecule has 1 N–H and O–H groups in total. The summed E-state index contributed by atoms with van der Waals surface area (Å²) in [5.74, 6) is 1.91. The quantitative estimate of drug-likeness (QED) is 0.900. The molecule has 3 heteroatoms. The molecule has 2 aromatic rings. The van der Waals surface area contributed by atoms with E-state index in [4.69, 9.17) is 4.98 Å². The monoisotopic (exact) mass is 300 g/mol. The average Bonchev–Trinajstić information content (AvgIpc) is 2.84. The van der Waals surface area contributed by atoms with Crippen LogP contribution in [0.25, 0.3) is 11.0 Å². The zero-order chi connectivity index (χ0) is 15.5. The molecule has 0 spiro atoms. The van der Waals surface area contributed by atoms with Crippen molar-refractivity contribution >= 4 is 11.0 Å². The Morgan fingerprint density at radius 1 is 1.14 bits per heavy atom. The van der Waals surface area contributed by atoms with Crippen LogP contribution < -0.4 is 0 Å². The van der Waals surface area contributed by atoms with Gasteiger partial charge in [-0.1, -0.05) is 32.1 Å². The smallest absolute Gasteiger partial charge is 0.112 e. The second kappa shape index (κ2) is 6.82. The maximum atomic E-state index is 9.34. The molecular formula is C19H28N2O. The van der Waals surface area contributed by atoms with Gasteiger partial charge in [0.15, 0.2) is 0 Å². The summed E-state index contributed by atoms with van der Waals surface area (Å²) in [6.07, 6.45) is 8.89. The SMILES string of the molecule is Cc1cc2nc(CCO)n(CCC3CCCCC3)c2cc1C. The number of nitrogens with zero attached hydrogens (tertiary/aromatic N) is 2. The number of aryl methyl sites for hydroxylation is 3. The second-order valence-corrected chi connectivity index (χ2v) is 6.87. The molecule has 0 bridgehead atoms. The van der Waals surface area contributed by atoms with E-state index in [0.29, 0.717) is 6.42 Å². The highest BCUT2D eigenvalue weighted by Gasteiger charge is 2.16. The van der Waals surface area contributed by atoms with Gasteiger partial charge in [-0.05, 0) is 49.4 Å². The number of rotatable bonds is 5. The number of aliphatic hydroxyl groups excluding tert-OH is 1. The molecule has 1 aliphatic carbocycles. The van der Waals surface area contributed by atoms with Crippen LogP contribution >= 0.6 is 0 Å². The molecule has 0 unspecified atom stereocenters. The van der Waals surface area contributed by atoms with Gasteiger partial charge in [0.25, 0.3) is 0 Å². The Bertz CT molecular complexity index is 638. The first-order valence-electron chi connectivity index (χ1n) is 8.76. The number of aliphatic hydroxyl groups is 1. The van der Waals surface area contributed by atoms with Gasteiger partial charge in [0.1, 0.15) is 5.82 Å². The maximum Gasteiger partial charge on any atom is 0.112 e. The van der Waals surface area contributed by atoms with E-state index in [1.807, 2.05) is 0 Å². The van der Waals surface area contributed by atoms with E-state index in [-0.39, 0.29) is 6.61 Å². The molecule has 1 aromatic heterocycles. The van der Waals surface area contributed by atoms with Crippen LogP contribution in [0.1, 0.15) is 55.5 Å². The van der Waals surface area contributed by atoms with Crippen molar-refractivity contribution in [1.82, 2.24) is 9.55 Å². The minimum Gasteiger partial charge on any atom is -0.396 e. The van der Waals surface area contributed by atoms with E-state index in [0.717, 1.165) is 23.8 Å². The Morgan fingerprint density at radius 3 is 2.59 bits per heavy atom. The van der Waals surface area contributed by atoms with E-state index in [9.17, 15) is 5.11 Å². The first kappa shape index (κ1) is 15.5. The summed E-state index contributed by atoms with van der Waals surface area (Å²) in [7, 11) is 0. The standard InChI is InChI=1S/C19H28N2O/c1-14-12-17-18(13-15(14)2)21(19(20-17)9-11-22)10-8-16-6-4-3-5-7-16/h12-13,16,22H,3-11H2,1-2H3. The molecule has 0 amide bonds. The lowest BCUT2D eigenvalue weighted by Crippen LogP contribution is -2.12. The second-order valence-electron chi connectivity index (χ2n) is 6.87. The van der Waals surface area contributed by atoms with Crippen LogP contribution in [0.15, 0.2) is 12.1 Å². The molecule has 1 saturated carbocycles. The Hall–Kier alpha value is -1.35. The maximum absolute atomic E-state index is 9.34. The molecule has 0 saturated heterocycles. The molecule has 0 atom stereocenters. The Kier molecular flexibility index (Phi) is 4.82. The van der Waals surface area contributed by atoms with Crippen molar-refractivity contribution in [2.45, 2.75) is 65.3 Å². The number of hydrogen-bond acceptors (Lipinski definition) is 2. The van der Waals surface area contributed by atoms with E-state index in [2.05, 4.69) is 30.5 Å². The molecule has 1 fully saturated rings. The molecule has 1 aliphatic rings. The zero-order valence-electron chi connectivity index (χ0n) is 13.9. The summed E-state index contributed by atoms with van der Waals surface area (Å²) in [5.41, 5.74) is 4.93. The fourth-order valence-electron chi connectivity index (χ4n) is 3.76. The third-order valence-corrected chi connectivity index (χ3v) is 5.26. The predicted octanol–water partition coefficient (Wildman–Crippen LogP) is 4.16. The number of fused-ring (bicyclic) bond motifs is 1. The lowest BCUT2D eigenvalue weighted by molar-refractivity contribution is 0.291. The highest BCUT2D eigenvalue weighted by Crippen LogP contribution is 2.28. The van der Waals surface area contributed by atoms with Crippen molar-refractivity contribution in [2.75, 3.05) is 6.61 Å². The summed E-state index contributed by atoms with van der Waals surface area (Å²) in [6.45, 7) is 5.52. The molecular weight excluding hydrogens is 272 g/mol. The lowest BCUT2D eigenvalue weighted by atomic mass is 9.87. The van der Waals surface area contributed by atoms with Crippen LogP contribution in [-0.2, 0) is 13.0 Å². The minimum absolute atomic E-state index is 0.171. The van der Waals surface area contributed by atoms with Crippen LogP contribution in [0.3, 0.4) is 0 Å². The van der Waals surface area contributed by atoms with Gasteiger partial charge in [0, 0.05) is 13.0 Å². The van der Waals surface area contributed by atoms with Gasteiger partial charge in [-0.15, -0.1) is 0 Å². The van der Waals surface area contributed by atoms with E-state index < -0.39 is 0 Å². The normalized spacial score (nSPS) is 16.5. The largest absolute Gasteiger partial charge is 0.396 e. The fraction of sp³-hybridized carbons (Fsp3) is 0.632. The topological polar surface area (TPSA) is 38.1 Å². The van der Waals surface area contributed by atoms with Crippen molar-refractivity contribution in [1.29, 1.82) is 0 Å². The number of aromatic nitrogens is 2. The first-order valence-corrected chi connectivity index (χ1v) is 8.76. The van der Waals surface area contributed by atoms with Crippen molar-refractivity contribution in [2.24, 2.45) is 5.92 Å². The van der Waals surface area contributed by atoms with Gasteiger partial charge < -0.3 is 9.67 Å². The molecule has 0 radical (unpaired) electrons. The van der Waals surface area contributed by atoms with Gasteiger partial charge in [-0.3, -0.25) is 0 Å². The molecule has 1 heterocycles. The lowest BCUT2D eigenvalue weighted by Gasteiger charge is -2.22. The van der Waals surface area contributed by atoms with Crippen LogP contribution in [0.4, 0.5) is 0 Å². The summed E-state index contributed by atoms with van der Waals surface area (Å²) in [4.78, 5) is 4.77. The van der Waals surface area contributed by atoms with Gasteiger partial charge in [0.2, 0.25) is 0 Å². The summed E-state index contributed by atoms with van der Waals surface area (Å²) < 4.78 is 2.35. The average molecular weight is 300 g/mol. The third-order valence-electron chi connectivity index (χ3n) is 5.26. The van der Waals surface area contributed by atoms with E-state index >= 15 is 0 Å². The van der Waals surface area contributed by atoms with Crippen molar-refractivity contribution in [3.05, 3.63) is 29.1 Å². The third kappa shape index (κ3) is 3.19. The Morgan fingerprint density at radius 2 is 1.86 bits per heavy atom. The molecule has 120 valence electrons. The number of hydrogen-bond donors (Lipinski definition) is 1. The summed E-state index contributed by atoms with van der Waals surface area (Å²) in [5, 5.41) is 9.34. The molecule has 0 aliphatic heterocycles. The van der Waals surface area contributed by atoms with Crippen LogP contribution in [-0.4, -0.2) is 21.3 Å². The minimum atomic E-state index is 0.171. The molecule has 1 aromatic carbocycles. The van der Waals surface area contributed by atoms with Crippen molar-refractivity contribution < 1.29 is 5.11 Å². The van der Waals surface area contributed by atoms with Crippen LogP contribution in [0.2, 0.25) is 0 Å². The zero-order valence-corrected chi connectivity index (χ0v) is 13.9. The highest BCUT2D eigenvalue weighted by molar-refractivity contribution is 5.78. The van der Waals surface area contributed by atoms with E-state index in [1.54, 1.807) is 0 Å². The molecule has 3 rings (SSSR count). The molecule has 3 nitrogen and oxygen atoms in total.